The molecule has 4 atom stereocenters. The minimum Gasteiger partial charge on any atom is -0.359 e. The molecule has 1 aromatic carbocycles. The van der Waals surface area contributed by atoms with Crippen LogP contribution >= 0.6 is 0 Å². The van der Waals surface area contributed by atoms with Gasteiger partial charge >= 0.3 is 0 Å². The van der Waals surface area contributed by atoms with Crippen molar-refractivity contribution in [1.29, 1.82) is 0 Å². The summed E-state index contributed by atoms with van der Waals surface area (Å²) < 4.78 is 18.5. The van der Waals surface area contributed by atoms with Crippen LogP contribution in [0.4, 0.5) is 5.69 Å². The molecule has 3 aliphatic rings. The molecule has 0 spiro atoms. The first-order valence-electron chi connectivity index (χ1n) is 8.14. The Kier molecular flexibility index (Phi) is 3.05. The van der Waals surface area contributed by atoms with Crippen molar-refractivity contribution in [2.45, 2.75) is 63.3 Å². The maximum absolute atomic E-state index is 10.8. The minimum atomic E-state index is -0.611. The highest BCUT2D eigenvalue weighted by Gasteiger charge is 2.66. The van der Waals surface area contributed by atoms with Crippen LogP contribution in [0, 0.1) is 10.1 Å². The third-order valence-corrected chi connectivity index (χ3v) is 5.17. The zero-order valence-corrected chi connectivity index (χ0v) is 14.2. The first-order chi connectivity index (χ1) is 11.1. The van der Waals surface area contributed by atoms with E-state index >= 15 is 0 Å². The van der Waals surface area contributed by atoms with Crippen molar-refractivity contribution in [3.8, 4) is 0 Å². The molecule has 6 nitrogen and oxygen atoms in total. The molecule has 6 heteroatoms. The second-order valence-electron chi connectivity index (χ2n) is 7.73. The predicted molar refractivity (Wildman–Crippen MR) is 87.4 cm³/mol. The number of non-ortho nitro benzene ring substituents is 1. The number of rotatable bonds is 2. The molecule has 0 aliphatic carbocycles. The van der Waals surface area contributed by atoms with Gasteiger partial charge in [-0.1, -0.05) is 0 Å². The van der Waals surface area contributed by atoms with Crippen LogP contribution in [0.2, 0.25) is 0 Å². The zero-order valence-electron chi connectivity index (χ0n) is 14.2. The maximum atomic E-state index is 10.8. The van der Waals surface area contributed by atoms with Crippen LogP contribution in [-0.4, -0.2) is 34.1 Å². The predicted octanol–water partition coefficient (Wildman–Crippen LogP) is 3.45. The number of nitro benzene ring substituents is 1. The Hall–Kier alpha value is -1.76. The number of benzene rings is 1. The van der Waals surface area contributed by atoms with Crippen LogP contribution in [0.1, 0.15) is 39.7 Å². The molecular weight excluding hydrogens is 310 g/mol. The van der Waals surface area contributed by atoms with Gasteiger partial charge in [-0.25, -0.2) is 0 Å². The van der Waals surface area contributed by atoms with Crippen LogP contribution in [-0.2, 0) is 14.2 Å². The van der Waals surface area contributed by atoms with Gasteiger partial charge in [-0.2, -0.15) is 0 Å². The van der Waals surface area contributed by atoms with E-state index in [0.717, 1.165) is 11.1 Å². The van der Waals surface area contributed by atoms with E-state index in [1.807, 2.05) is 20.8 Å². The second-order valence-corrected chi connectivity index (χ2v) is 7.73. The number of nitrogens with zero attached hydrogens (tertiary/aromatic N) is 1. The summed E-state index contributed by atoms with van der Waals surface area (Å²) in [6.07, 6.45) is 2.48. The van der Waals surface area contributed by atoms with Crippen molar-refractivity contribution in [2.75, 3.05) is 0 Å². The SMILES string of the molecule is CC1(C)OC2C(O1)C1(C)CC(c3ccc([N+](=O)[O-])cc3)=CC2(C)O1. The van der Waals surface area contributed by atoms with E-state index in [2.05, 4.69) is 13.0 Å². The van der Waals surface area contributed by atoms with Crippen LogP contribution in [0.5, 0.6) is 0 Å². The third-order valence-electron chi connectivity index (χ3n) is 5.17. The highest BCUT2D eigenvalue weighted by molar-refractivity contribution is 5.70. The van der Waals surface area contributed by atoms with E-state index in [1.54, 1.807) is 12.1 Å². The van der Waals surface area contributed by atoms with Crippen LogP contribution in [0.25, 0.3) is 5.57 Å². The van der Waals surface area contributed by atoms with Crippen LogP contribution in [0.3, 0.4) is 0 Å². The fourth-order valence-electron chi connectivity index (χ4n) is 4.25. The lowest BCUT2D eigenvalue weighted by Gasteiger charge is -2.38. The molecule has 2 saturated heterocycles. The van der Waals surface area contributed by atoms with Gasteiger partial charge in [0, 0.05) is 18.6 Å². The van der Waals surface area contributed by atoms with Crippen molar-refractivity contribution in [1.82, 2.24) is 0 Å². The van der Waals surface area contributed by atoms with Gasteiger partial charge in [-0.05, 0) is 57.0 Å². The smallest absolute Gasteiger partial charge is 0.269 e. The fourth-order valence-corrected chi connectivity index (χ4v) is 4.25. The summed E-state index contributed by atoms with van der Waals surface area (Å²) >= 11 is 0. The summed E-state index contributed by atoms with van der Waals surface area (Å²) in [4.78, 5) is 10.4. The zero-order chi connectivity index (χ0) is 17.3. The number of nitro groups is 1. The second kappa shape index (κ2) is 4.65. The number of hydrogen-bond donors (Lipinski definition) is 0. The maximum Gasteiger partial charge on any atom is 0.269 e. The molecule has 0 amide bonds. The largest absolute Gasteiger partial charge is 0.359 e. The highest BCUT2D eigenvalue weighted by Crippen LogP contribution is 2.55. The lowest BCUT2D eigenvalue weighted by molar-refractivity contribution is -0.384. The standard InChI is InChI=1S/C18H21NO5/c1-16(2)22-14-15(23-16)18(4)10-12(9-17(14,3)24-18)11-5-7-13(8-6-11)19(20)21/h5-9,14-15H,10H2,1-4H3. The summed E-state index contributed by atoms with van der Waals surface area (Å²) in [6, 6.07) is 6.66. The number of hydrogen-bond acceptors (Lipinski definition) is 5. The summed E-state index contributed by atoms with van der Waals surface area (Å²) in [5.41, 5.74) is 1.14. The Morgan fingerprint density at radius 2 is 1.71 bits per heavy atom. The molecule has 2 bridgehead atoms. The lowest BCUT2D eigenvalue weighted by atomic mass is 9.88. The summed E-state index contributed by atoms with van der Waals surface area (Å²) in [6.45, 7) is 7.92. The van der Waals surface area contributed by atoms with Gasteiger partial charge in [0.05, 0.1) is 10.5 Å². The molecule has 4 unspecified atom stereocenters. The first kappa shape index (κ1) is 15.7. The van der Waals surface area contributed by atoms with E-state index in [4.69, 9.17) is 14.2 Å². The highest BCUT2D eigenvalue weighted by atomic mass is 16.8. The van der Waals surface area contributed by atoms with Gasteiger partial charge in [0.2, 0.25) is 0 Å². The van der Waals surface area contributed by atoms with Crippen molar-refractivity contribution >= 4 is 11.3 Å². The summed E-state index contributed by atoms with van der Waals surface area (Å²) in [5.74, 6) is -0.611. The van der Waals surface area contributed by atoms with Gasteiger partial charge in [0.25, 0.3) is 5.69 Å². The average Bonchev–Trinajstić information content (AvgIpc) is 2.89. The van der Waals surface area contributed by atoms with Crippen LogP contribution < -0.4 is 0 Å². The van der Waals surface area contributed by atoms with Gasteiger partial charge in [-0.15, -0.1) is 0 Å². The lowest BCUT2D eigenvalue weighted by Crippen LogP contribution is -2.43. The molecule has 0 N–H and O–H groups in total. The van der Waals surface area contributed by atoms with Crippen molar-refractivity contribution in [3.63, 3.8) is 0 Å². The Morgan fingerprint density at radius 3 is 2.33 bits per heavy atom. The monoisotopic (exact) mass is 331 g/mol. The van der Waals surface area contributed by atoms with Crippen molar-refractivity contribution < 1.29 is 19.1 Å². The van der Waals surface area contributed by atoms with Gasteiger partial charge in [0.1, 0.15) is 17.8 Å². The number of ether oxygens (including phenoxy) is 3. The van der Waals surface area contributed by atoms with E-state index in [9.17, 15) is 10.1 Å². The fraction of sp³-hybridized carbons (Fsp3) is 0.556. The van der Waals surface area contributed by atoms with E-state index < -0.39 is 17.0 Å². The van der Waals surface area contributed by atoms with E-state index in [1.165, 1.54) is 12.1 Å². The Labute approximate surface area is 140 Å². The molecule has 0 aromatic heterocycles. The summed E-state index contributed by atoms with van der Waals surface area (Å²) in [7, 11) is 0. The molecule has 3 aliphatic heterocycles. The molecule has 2 fully saturated rings. The molecule has 24 heavy (non-hydrogen) atoms. The van der Waals surface area contributed by atoms with Gasteiger partial charge in [0.15, 0.2) is 5.79 Å². The average molecular weight is 331 g/mol. The van der Waals surface area contributed by atoms with Crippen molar-refractivity contribution in [2.24, 2.45) is 0 Å². The quantitative estimate of drug-likeness (QED) is 0.613. The Bertz CT molecular complexity index is 740. The Morgan fingerprint density at radius 1 is 1.08 bits per heavy atom. The summed E-state index contributed by atoms with van der Waals surface area (Å²) in [5, 5.41) is 10.8. The van der Waals surface area contributed by atoms with Crippen LogP contribution in [0.15, 0.2) is 30.3 Å². The molecule has 3 heterocycles. The first-order valence-corrected chi connectivity index (χ1v) is 8.14. The van der Waals surface area contributed by atoms with Gasteiger partial charge in [-0.3, -0.25) is 10.1 Å². The molecule has 128 valence electrons. The van der Waals surface area contributed by atoms with Gasteiger partial charge < -0.3 is 14.2 Å². The molecular formula is C18H21NO5. The molecule has 1 aromatic rings. The normalized spacial score (nSPS) is 39.4. The third kappa shape index (κ3) is 2.21. The van der Waals surface area contributed by atoms with Crippen molar-refractivity contribution in [3.05, 3.63) is 46.0 Å². The molecule has 0 radical (unpaired) electrons. The van der Waals surface area contributed by atoms with E-state index in [0.29, 0.717) is 6.42 Å². The molecule has 0 saturated carbocycles. The molecule has 4 rings (SSSR count). The minimum absolute atomic E-state index is 0.0945. The number of fused-ring (bicyclic) bond motifs is 5. The van der Waals surface area contributed by atoms with E-state index in [-0.39, 0.29) is 22.8 Å². The Balaban J connectivity index is 1.71. The topological polar surface area (TPSA) is 70.8 Å².